The van der Waals surface area contributed by atoms with Gasteiger partial charge in [-0.3, -0.25) is 4.98 Å². The summed E-state index contributed by atoms with van der Waals surface area (Å²) in [7, 11) is 0. The summed E-state index contributed by atoms with van der Waals surface area (Å²) >= 11 is 0. The Labute approximate surface area is 93.9 Å². The van der Waals surface area contributed by atoms with Crippen molar-refractivity contribution in [3.05, 3.63) is 42.2 Å². The van der Waals surface area contributed by atoms with Crippen LogP contribution in [0.15, 0.2) is 36.7 Å². The SMILES string of the molecule is Nc1c(-c2ccncc2)ccc2c1CCO2. The molecule has 0 saturated heterocycles. The number of nitrogens with two attached hydrogens (primary N) is 1. The minimum atomic E-state index is 0.735. The van der Waals surface area contributed by atoms with Crippen LogP contribution in [0.5, 0.6) is 5.75 Å². The molecule has 0 saturated carbocycles. The van der Waals surface area contributed by atoms with E-state index in [2.05, 4.69) is 4.98 Å². The van der Waals surface area contributed by atoms with Crippen LogP contribution in [0.4, 0.5) is 5.69 Å². The molecule has 0 unspecified atom stereocenters. The number of anilines is 1. The fourth-order valence-electron chi connectivity index (χ4n) is 2.08. The molecule has 1 aliphatic rings. The average molecular weight is 212 g/mol. The first-order chi connectivity index (χ1) is 7.86. The second-order valence-corrected chi connectivity index (χ2v) is 3.84. The minimum Gasteiger partial charge on any atom is -0.493 e. The quantitative estimate of drug-likeness (QED) is 0.737. The highest BCUT2D eigenvalue weighted by Gasteiger charge is 2.17. The van der Waals surface area contributed by atoms with Crippen molar-refractivity contribution in [2.45, 2.75) is 6.42 Å². The van der Waals surface area contributed by atoms with Crippen LogP contribution in [0.2, 0.25) is 0 Å². The van der Waals surface area contributed by atoms with Crippen LogP contribution >= 0.6 is 0 Å². The highest BCUT2D eigenvalue weighted by atomic mass is 16.5. The number of aromatic nitrogens is 1. The number of pyridine rings is 1. The lowest BCUT2D eigenvalue weighted by molar-refractivity contribution is 0.357. The van der Waals surface area contributed by atoms with Gasteiger partial charge in [0, 0.05) is 35.6 Å². The van der Waals surface area contributed by atoms with Gasteiger partial charge in [-0.05, 0) is 29.8 Å². The van der Waals surface area contributed by atoms with Gasteiger partial charge in [0.05, 0.1) is 6.61 Å². The Balaban J connectivity index is 2.16. The van der Waals surface area contributed by atoms with Gasteiger partial charge in [-0.15, -0.1) is 0 Å². The first-order valence-corrected chi connectivity index (χ1v) is 5.31. The van der Waals surface area contributed by atoms with E-state index in [4.69, 9.17) is 10.5 Å². The summed E-state index contributed by atoms with van der Waals surface area (Å²) in [6, 6.07) is 7.94. The topological polar surface area (TPSA) is 48.1 Å². The van der Waals surface area contributed by atoms with Crippen LogP contribution in [0, 0.1) is 0 Å². The third-order valence-electron chi connectivity index (χ3n) is 2.92. The second kappa shape index (κ2) is 3.52. The van der Waals surface area contributed by atoms with Crippen molar-refractivity contribution in [3.8, 4) is 16.9 Å². The number of hydrogen-bond acceptors (Lipinski definition) is 3. The van der Waals surface area contributed by atoms with Gasteiger partial charge >= 0.3 is 0 Å². The standard InChI is InChI=1S/C13H12N2O/c14-13-10(9-3-6-15-7-4-9)1-2-12-11(13)5-8-16-12/h1-4,6-7H,5,8,14H2. The average Bonchev–Trinajstić information content (AvgIpc) is 2.80. The Hall–Kier alpha value is -2.03. The molecule has 80 valence electrons. The van der Waals surface area contributed by atoms with Gasteiger partial charge in [0.25, 0.3) is 0 Å². The number of hydrogen-bond donors (Lipinski definition) is 1. The molecule has 16 heavy (non-hydrogen) atoms. The van der Waals surface area contributed by atoms with E-state index in [-0.39, 0.29) is 0 Å². The molecule has 0 radical (unpaired) electrons. The van der Waals surface area contributed by atoms with Gasteiger partial charge in [-0.1, -0.05) is 0 Å². The zero-order chi connectivity index (χ0) is 11.0. The molecule has 3 heteroatoms. The van der Waals surface area contributed by atoms with Crippen molar-refractivity contribution in [3.63, 3.8) is 0 Å². The summed E-state index contributed by atoms with van der Waals surface area (Å²) in [5.41, 5.74) is 10.3. The molecule has 0 fully saturated rings. The number of rotatable bonds is 1. The van der Waals surface area contributed by atoms with Crippen molar-refractivity contribution in [1.82, 2.24) is 4.98 Å². The van der Waals surface area contributed by atoms with E-state index < -0.39 is 0 Å². The smallest absolute Gasteiger partial charge is 0.124 e. The van der Waals surface area contributed by atoms with Crippen molar-refractivity contribution < 1.29 is 4.74 Å². The molecule has 1 aromatic heterocycles. The Bertz CT molecular complexity index is 523. The van der Waals surface area contributed by atoms with Crippen LogP contribution < -0.4 is 10.5 Å². The summed E-state index contributed by atoms with van der Waals surface area (Å²) in [5, 5.41) is 0. The first-order valence-electron chi connectivity index (χ1n) is 5.31. The van der Waals surface area contributed by atoms with E-state index in [0.29, 0.717) is 0 Å². The normalized spacial score (nSPS) is 13.2. The second-order valence-electron chi connectivity index (χ2n) is 3.84. The summed E-state index contributed by atoms with van der Waals surface area (Å²) in [5.74, 6) is 0.926. The molecule has 1 aromatic carbocycles. The maximum Gasteiger partial charge on any atom is 0.124 e. The first kappa shape index (κ1) is 9.21. The fourth-order valence-corrected chi connectivity index (χ4v) is 2.08. The lowest BCUT2D eigenvalue weighted by Gasteiger charge is -2.09. The minimum absolute atomic E-state index is 0.735. The van der Waals surface area contributed by atoms with Gasteiger partial charge < -0.3 is 10.5 Å². The molecular formula is C13H12N2O. The van der Waals surface area contributed by atoms with Gasteiger partial charge in [-0.2, -0.15) is 0 Å². The molecule has 3 rings (SSSR count). The molecule has 2 aromatic rings. The number of nitrogen functional groups attached to an aromatic ring is 1. The molecular weight excluding hydrogens is 200 g/mol. The fraction of sp³-hybridized carbons (Fsp3) is 0.154. The Morgan fingerprint density at radius 1 is 1.12 bits per heavy atom. The highest BCUT2D eigenvalue weighted by Crippen LogP contribution is 2.37. The Morgan fingerprint density at radius 2 is 1.94 bits per heavy atom. The van der Waals surface area contributed by atoms with Gasteiger partial charge in [0.1, 0.15) is 5.75 Å². The third kappa shape index (κ3) is 1.33. The molecule has 2 N–H and O–H groups in total. The predicted octanol–water partition coefficient (Wildman–Crippen LogP) is 2.27. The summed E-state index contributed by atoms with van der Waals surface area (Å²) in [6.07, 6.45) is 4.46. The summed E-state index contributed by atoms with van der Waals surface area (Å²) in [4.78, 5) is 4.01. The molecule has 2 heterocycles. The molecule has 3 nitrogen and oxygen atoms in total. The maximum absolute atomic E-state index is 6.17. The third-order valence-corrected chi connectivity index (χ3v) is 2.92. The number of ether oxygens (including phenoxy) is 1. The molecule has 0 bridgehead atoms. The van der Waals surface area contributed by atoms with E-state index in [1.807, 2.05) is 24.3 Å². The van der Waals surface area contributed by atoms with Crippen LogP contribution in [-0.2, 0) is 6.42 Å². The van der Waals surface area contributed by atoms with Crippen LogP contribution in [0.1, 0.15) is 5.56 Å². The monoisotopic (exact) mass is 212 g/mol. The van der Waals surface area contributed by atoms with Crippen LogP contribution in [-0.4, -0.2) is 11.6 Å². The Kier molecular flexibility index (Phi) is 2.03. The van der Waals surface area contributed by atoms with E-state index in [1.54, 1.807) is 12.4 Å². The maximum atomic E-state index is 6.17. The van der Waals surface area contributed by atoms with E-state index in [1.165, 1.54) is 0 Å². The van der Waals surface area contributed by atoms with E-state index in [9.17, 15) is 0 Å². The molecule has 1 aliphatic heterocycles. The lowest BCUT2D eigenvalue weighted by Crippen LogP contribution is -1.95. The van der Waals surface area contributed by atoms with E-state index in [0.717, 1.165) is 41.2 Å². The van der Waals surface area contributed by atoms with Crippen molar-refractivity contribution in [1.29, 1.82) is 0 Å². The van der Waals surface area contributed by atoms with E-state index >= 15 is 0 Å². The number of fused-ring (bicyclic) bond motifs is 1. The molecule has 0 aliphatic carbocycles. The molecule has 0 atom stereocenters. The summed E-state index contributed by atoms with van der Waals surface area (Å²) in [6.45, 7) is 0.735. The van der Waals surface area contributed by atoms with Crippen molar-refractivity contribution in [2.75, 3.05) is 12.3 Å². The van der Waals surface area contributed by atoms with Crippen LogP contribution in [0.25, 0.3) is 11.1 Å². The lowest BCUT2D eigenvalue weighted by atomic mass is 10.00. The van der Waals surface area contributed by atoms with Crippen molar-refractivity contribution in [2.24, 2.45) is 0 Å². The Morgan fingerprint density at radius 3 is 2.75 bits per heavy atom. The molecule has 0 spiro atoms. The zero-order valence-electron chi connectivity index (χ0n) is 8.81. The summed E-state index contributed by atoms with van der Waals surface area (Å²) < 4.78 is 5.48. The highest BCUT2D eigenvalue weighted by molar-refractivity contribution is 5.80. The van der Waals surface area contributed by atoms with Gasteiger partial charge in [-0.25, -0.2) is 0 Å². The molecule has 0 amide bonds. The van der Waals surface area contributed by atoms with Gasteiger partial charge in [0.2, 0.25) is 0 Å². The predicted molar refractivity (Wildman–Crippen MR) is 63.3 cm³/mol. The number of benzene rings is 1. The zero-order valence-corrected chi connectivity index (χ0v) is 8.81. The van der Waals surface area contributed by atoms with Gasteiger partial charge in [0.15, 0.2) is 0 Å². The van der Waals surface area contributed by atoms with Crippen LogP contribution in [0.3, 0.4) is 0 Å². The largest absolute Gasteiger partial charge is 0.493 e. The number of nitrogens with zero attached hydrogens (tertiary/aromatic N) is 1. The van der Waals surface area contributed by atoms with Crippen molar-refractivity contribution >= 4 is 5.69 Å².